The summed E-state index contributed by atoms with van der Waals surface area (Å²) in [6.07, 6.45) is 0. The van der Waals surface area contributed by atoms with Crippen molar-refractivity contribution in [3.05, 3.63) is 0 Å². The molecule has 3 radical (unpaired) electrons. The van der Waals surface area contributed by atoms with Crippen molar-refractivity contribution in [3.63, 3.8) is 0 Å². The maximum Gasteiger partial charge on any atom is 0.548 e. The molecule has 3 rings (SSSR count). The molecular weight excluding hydrogens is 1080 g/mol. The van der Waals surface area contributed by atoms with Gasteiger partial charge < -0.3 is 82.3 Å². The first-order valence-corrected chi connectivity index (χ1v) is 59.4. The van der Waals surface area contributed by atoms with E-state index >= 15 is 0 Å². The van der Waals surface area contributed by atoms with Crippen LogP contribution in [0.25, 0.3) is 0 Å². The van der Waals surface area contributed by atoms with Gasteiger partial charge in [0.2, 0.25) is 0 Å². The SMILES string of the molecule is C[SiH]1O[Si](O[Si](C)(C)O[Si](C)(C)O[Si](C)(C)O[Si]2O[SiH](C)O[Si](C)(O[Si](C)(C)O[Si](C)(C)O[Si](C)(C)O[Si]3O[SiH](C)O[SiH](C)O[SiH](C)O3)O[SiH](C)O2)O[SiH](C)O[SiH](C)O1. The van der Waals surface area contributed by atoms with E-state index in [0.717, 1.165) is 0 Å². The molecule has 0 spiro atoms. The quantitative estimate of drug-likeness (QED) is 0.204. The number of hydrogen-bond acceptors (Lipinski definition) is 20. The summed E-state index contributed by atoms with van der Waals surface area (Å²) >= 11 is 0. The molecule has 347 valence electrons. The fourth-order valence-corrected chi connectivity index (χ4v) is 70.8. The van der Waals surface area contributed by atoms with E-state index in [2.05, 4.69) is 0 Å². The van der Waals surface area contributed by atoms with Crippen molar-refractivity contribution in [2.75, 3.05) is 0 Å². The lowest BCUT2D eigenvalue weighted by atomic mass is 11.9. The summed E-state index contributed by atoms with van der Waals surface area (Å²) in [6.45, 7) is 41.3. The minimum atomic E-state index is -3.30. The first-order chi connectivity index (χ1) is 26.6. The molecule has 3 aliphatic rings. The Bertz CT molecular complexity index is 1270. The Morgan fingerprint density at radius 2 is 0.576 bits per heavy atom. The van der Waals surface area contributed by atoms with Gasteiger partial charge in [0, 0.05) is 6.55 Å². The highest BCUT2D eigenvalue weighted by molar-refractivity contribution is 6.91. The predicted molar refractivity (Wildman–Crippen MR) is 260 cm³/mol. The van der Waals surface area contributed by atoms with Crippen molar-refractivity contribution in [1.29, 1.82) is 0 Å². The van der Waals surface area contributed by atoms with E-state index in [9.17, 15) is 0 Å². The zero-order chi connectivity index (χ0) is 45.0. The normalized spacial score (nSPS) is 33.1. The highest BCUT2D eigenvalue weighted by Gasteiger charge is 2.53. The lowest BCUT2D eigenvalue weighted by molar-refractivity contribution is 0.167. The topological polar surface area (TPSA) is 185 Å². The van der Waals surface area contributed by atoms with E-state index in [1.807, 2.05) is 137 Å². The average molecular weight is 1150 g/mol. The van der Waals surface area contributed by atoms with Gasteiger partial charge in [-0.2, -0.15) is 0 Å². The van der Waals surface area contributed by atoms with Crippen LogP contribution >= 0.6 is 0 Å². The molecule has 6 atom stereocenters. The van der Waals surface area contributed by atoms with Crippen molar-refractivity contribution in [2.24, 2.45) is 0 Å². The molecule has 0 aromatic heterocycles. The maximum absolute atomic E-state index is 6.75. The number of hydrogen-bond donors (Lipinski definition) is 0. The zero-order valence-corrected chi connectivity index (χ0v) is 58.0. The Morgan fingerprint density at radius 3 is 0.847 bits per heavy atom. The third-order valence-electron chi connectivity index (χ3n) is 7.25. The van der Waals surface area contributed by atoms with Gasteiger partial charge in [0.15, 0.2) is 0 Å². The smallest absolute Gasteiger partial charge is 0.420 e. The summed E-state index contributed by atoms with van der Waals surface area (Å²) < 4.78 is 128. The van der Waals surface area contributed by atoms with Crippen LogP contribution in [0.15, 0.2) is 0 Å². The summed E-state index contributed by atoms with van der Waals surface area (Å²) in [5.41, 5.74) is 0. The molecule has 59 heavy (non-hydrogen) atoms. The highest BCUT2D eigenvalue weighted by Crippen LogP contribution is 2.29. The molecule has 3 aliphatic heterocycles. The average Bonchev–Trinajstić information content (AvgIpc) is 2.89. The second kappa shape index (κ2) is 22.9. The molecule has 3 saturated heterocycles. The molecule has 0 saturated carbocycles. The maximum atomic E-state index is 6.75. The van der Waals surface area contributed by atoms with E-state index in [4.69, 9.17) is 82.3 Å². The van der Waals surface area contributed by atoms with Gasteiger partial charge in [-0.25, -0.2) is 0 Å². The van der Waals surface area contributed by atoms with Gasteiger partial charge in [-0.05, 0) is 131 Å². The van der Waals surface area contributed by atoms with Crippen molar-refractivity contribution in [3.8, 4) is 0 Å². The Kier molecular flexibility index (Phi) is 21.9. The van der Waals surface area contributed by atoms with Gasteiger partial charge in [0.05, 0.1) is 0 Å². The molecular formula is C21H71O20Si18. The fourth-order valence-electron chi connectivity index (χ4n) is 6.56. The van der Waals surface area contributed by atoms with Crippen LogP contribution in [-0.4, -0.2) is 163 Å². The Morgan fingerprint density at radius 1 is 0.339 bits per heavy atom. The van der Waals surface area contributed by atoms with Crippen molar-refractivity contribution in [1.82, 2.24) is 0 Å². The molecule has 0 N–H and O–H groups in total. The molecule has 38 heteroatoms. The van der Waals surface area contributed by atoms with Gasteiger partial charge in [-0.1, -0.05) is 0 Å². The van der Waals surface area contributed by atoms with E-state index in [-0.39, 0.29) is 0 Å². The zero-order valence-electron chi connectivity index (χ0n) is 38.8. The summed E-state index contributed by atoms with van der Waals surface area (Å²) in [7, 11) is -42.9. The van der Waals surface area contributed by atoms with Gasteiger partial charge >= 0.3 is 144 Å². The van der Waals surface area contributed by atoms with Crippen LogP contribution in [0, 0.1) is 0 Å². The van der Waals surface area contributed by atoms with Crippen molar-refractivity contribution in [2.45, 2.75) is 137 Å². The summed E-state index contributed by atoms with van der Waals surface area (Å²) in [6, 6.07) is 0. The van der Waals surface area contributed by atoms with Crippen LogP contribution in [0.5, 0.6) is 0 Å². The lowest BCUT2D eigenvalue weighted by Crippen LogP contribution is -2.63. The van der Waals surface area contributed by atoms with Crippen LogP contribution in [0.3, 0.4) is 0 Å². The second-order valence-electron chi connectivity index (χ2n) is 16.9. The summed E-state index contributed by atoms with van der Waals surface area (Å²) in [5, 5.41) is 0. The standard InChI is InChI=1S/C21H71O20Si18/c1-42-22-44(3)26-50(27-45(4)23-42)34-53(9,10)37-56(15,16)38-55(13,14)36-52-30-48(7)32-59(21,33-49(8)31-52)41-58(19,20)40-57(17,18)39-54(11,12)35-51-28-46(5)24-43(2)25-47(6)29-51/h42-49H,1-21H3. The van der Waals surface area contributed by atoms with Crippen LogP contribution in [-0.2, 0) is 82.3 Å². The summed E-state index contributed by atoms with van der Waals surface area (Å²) in [4.78, 5) is 0. The minimum Gasteiger partial charge on any atom is -0.420 e. The molecule has 0 aromatic carbocycles. The lowest BCUT2D eigenvalue weighted by Gasteiger charge is -2.43. The minimum absolute atomic E-state index is 1.75. The Balaban J connectivity index is 1.57. The van der Waals surface area contributed by atoms with E-state index in [1.165, 1.54) is 0 Å². The van der Waals surface area contributed by atoms with Crippen molar-refractivity contribution < 1.29 is 82.3 Å². The number of rotatable bonds is 16. The monoisotopic (exact) mass is 1150 g/mol. The van der Waals surface area contributed by atoms with Crippen LogP contribution in [0.2, 0.25) is 137 Å². The van der Waals surface area contributed by atoms with Crippen LogP contribution < -0.4 is 0 Å². The Labute approximate surface area is 380 Å². The van der Waals surface area contributed by atoms with Crippen LogP contribution in [0.1, 0.15) is 0 Å². The molecule has 20 nitrogen and oxygen atoms in total. The highest BCUT2D eigenvalue weighted by atomic mass is 28.6. The third-order valence-corrected chi connectivity index (χ3v) is 65.3. The molecule has 3 fully saturated rings. The molecule has 6 unspecified atom stereocenters. The molecule has 0 aromatic rings. The fraction of sp³-hybridized carbons (Fsp3) is 1.00. The van der Waals surface area contributed by atoms with Gasteiger partial charge in [-0.15, -0.1) is 0 Å². The molecule has 0 amide bonds. The van der Waals surface area contributed by atoms with E-state index < -0.39 is 163 Å². The van der Waals surface area contributed by atoms with Crippen LogP contribution in [0.4, 0.5) is 0 Å². The third kappa shape index (κ3) is 22.2. The summed E-state index contributed by atoms with van der Waals surface area (Å²) in [5.74, 6) is 0. The Hall–Kier alpha value is 3.10. The van der Waals surface area contributed by atoms with Gasteiger partial charge in [0.25, 0.3) is 18.6 Å². The first-order valence-electron chi connectivity index (χ1n) is 19.8. The van der Waals surface area contributed by atoms with Gasteiger partial charge in [0.1, 0.15) is 0 Å². The predicted octanol–water partition coefficient (Wildman–Crippen LogP) is 1.90. The molecule has 0 aliphatic carbocycles. The van der Waals surface area contributed by atoms with E-state index in [0.29, 0.717) is 0 Å². The first kappa shape index (κ1) is 56.4. The van der Waals surface area contributed by atoms with Crippen molar-refractivity contribution >= 4 is 163 Å². The molecule has 3 heterocycles. The van der Waals surface area contributed by atoms with E-state index in [1.54, 1.807) is 0 Å². The molecule has 0 bridgehead atoms. The van der Waals surface area contributed by atoms with Gasteiger partial charge in [-0.3, -0.25) is 0 Å². The largest absolute Gasteiger partial charge is 0.548 e. The second-order valence-corrected chi connectivity index (χ2v) is 64.4.